The Hall–Kier alpha value is -1.96. The van der Waals surface area contributed by atoms with Gasteiger partial charge in [0.05, 0.1) is 31.5 Å². The molecule has 8 heteroatoms. The van der Waals surface area contributed by atoms with Gasteiger partial charge < -0.3 is 10.1 Å². The van der Waals surface area contributed by atoms with Crippen LogP contribution < -0.4 is 5.32 Å². The van der Waals surface area contributed by atoms with Gasteiger partial charge in [-0.05, 0) is 6.92 Å². The molecule has 2 heterocycles. The van der Waals surface area contributed by atoms with Crippen molar-refractivity contribution in [1.82, 2.24) is 20.0 Å². The number of aromatic nitrogens is 4. The number of hydrogen-bond acceptors (Lipinski definition) is 7. The number of rotatable bonds is 8. The van der Waals surface area contributed by atoms with E-state index in [9.17, 15) is 4.79 Å². The van der Waals surface area contributed by atoms with E-state index >= 15 is 0 Å². The van der Waals surface area contributed by atoms with E-state index in [1.54, 1.807) is 17.8 Å². The minimum absolute atomic E-state index is 0.179. The normalized spacial score (nSPS) is 10.4. The summed E-state index contributed by atoms with van der Waals surface area (Å²) in [7, 11) is 0. The fourth-order valence-corrected chi connectivity index (χ4v) is 2.37. The van der Waals surface area contributed by atoms with Crippen LogP contribution >= 0.6 is 11.3 Å². The van der Waals surface area contributed by atoms with E-state index in [1.807, 2.05) is 11.6 Å². The summed E-state index contributed by atoms with van der Waals surface area (Å²) in [5, 5.41) is 13.6. The van der Waals surface area contributed by atoms with Crippen LogP contribution in [0.25, 0.3) is 0 Å². The molecular formula is C12H17N5O2S. The number of thiazole rings is 1. The first kappa shape index (κ1) is 14.4. The predicted molar refractivity (Wildman–Crippen MR) is 75.6 cm³/mol. The van der Waals surface area contributed by atoms with Gasteiger partial charge in [0.25, 0.3) is 0 Å². The molecule has 2 aromatic heterocycles. The van der Waals surface area contributed by atoms with E-state index in [2.05, 4.69) is 20.6 Å². The lowest BCUT2D eigenvalue weighted by molar-refractivity contribution is -0.143. The van der Waals surface area contributed by atoms with Gasteiger partial charge in [0.1, 0.15) is 0 Å². The van der Waals surface area contributed by atoms with Gasteiger partial charge in [0, 0.05) is 24.5 Å². The van der Waals surface area contributed by atoms with Crippen LogP contribution in [0.5, 0.6) is 0 Å². The number of esters is 1. The van der Waals surface area contributed by atoms with Crippen LogP contribution in [0.4, 0.5) is 5.13 Å². The summed E-state index contributed by atoms with van der Waals surface area (Å²) in [5.41, 5.74) is 0.909. The van der Waals surface area contributed by atoms with E-state index < -0.39 is 0 Å². The number of anilines is 1. The highest BCUT2D eigenvalue weighted by Gasteiger charge is 2.06. The van der Waals surface area contributed by atoms with E-state index in [0.717, 1.165) is 23.9 Å². The number of carbonyl (C=O) groups is 1. The summed E-state index contributed by atoms with van der Waals surface area (Å²) >= 11 is 1.53. The lowest BCUT2D eigenvalue weighted by atomic mass is 10.2. The van der Waals surface area contributed by atoms with Crippen molar-refractivity contribution < 1.29 is 9.53 Å². The highest BCUT2D eigenvalue weighted by Crippen LogP contribution is 2.16. The first-order valence-electron chi connectivity index (χ1n) is 6.46. The molecule has 0 unspecified atom stereocenters. The van der Waals surface area contributed by atoms with Crippen molar-refractivity contribution in [3.05, 3.63) is 23.5 Å². The number of nitrogens with zero attached hydrogens (tertiary/aromatic N) is 4. The summed E-state index contributed by atoms with van der Waals surface area (Å²) < 4.78 is 6.63. The second-order valence-corrected chi connectivity index (χ2v) is 4.90. The molecule has 0 radical (unpaired) electrons. The van der Waals surface area contributed by atoms with Gasteiger partial charge in [0.2, 0.25) is 0 Å². The van der Waals surface area contributed by atoms with E-state index in [1.165, 1.54) is 11.3 Å². The van der Waals surface area contributed by atoms with Crippen LogP contribution in [-0.4, -0.2) is 39.1 Å². The smallest absolute Gasteiger partial charge is 0.306 e. The van der Waals surface area contributed by atoms with Gasteiger partial charge in [-0.3, -0.25) is 9.48 Å². The van der Waals surface area contributed by atoms with E-state index in [-0.39, 0.29) is 5.97 Å². The number of ether oxygens (including phenoxy) is 1. The fourth-order valence-electron chi connectivity index (χ4n) is 1.60. The van der Waals surface area contributed by atoms with E-state index in [0.29, 0.717) is 19.4 Å². The maximum atomic E-state index is 11.2. The summed E-state index contributed by atoms with van der Waals surface area (Å²) in [6.07, 6.45) is 4.45. The monoisotopic (exact) mass is 295 g/mol. The van der Waals surface area contributed by atoms with E-state index in [4.69, 9.17) is 4.74 Å². The summed E-state index contributed by atoms with van der Waals surface area (Å²) in [6, 6.07) is 0. The van der Waals surface area contributed by atoms with Gasteiger partial charge >= 0.3 is 5.97 Å². The first-order valence-corrected chi connectivity index (χ1v) is 7.34. The minimum Gasteiger partial charge on any atom is -0.466 e. The van der Waals surface area contributed by atoms with Gasteiger partial charge in [-0.1, -0.05) is 5.21 Å². The molecule has 0 aliphatic carbocycles. The van der Waals surface area contributed by atoms with Crippen LogP contribution in [-0.2, 0) is 22.5 Å². The number of carbonyl (C=O) groups excluding carboxylic acids is 1. The number of aryl methyl sites for hydroxylation is 1. The number of nitrogens with one attached hydrogen (secondary N) is 1. The second kappa shape index (κ2) is 7.59. The van der Waals surface area contributed by atoms with Crippen molar-refractivity contribution >= 4 is 22.4 Å². The Labute approximate surface area is 121 Å². The molecule has 108 valence electrons. The van der Waals surface area contributed by atoms with Crippen molar-refractivity contribution in [1.29, 1.82) is 0 Å². The minimum atomic E-state index is -0.179. The number of hydrogen-bond donors (Lipinski definition) is 1. The second-order valence-electron chi connectivity index (χ2n) is 4.04. The molecule has 0 fully saturated rings. The molecule has 0 aliphatic rings. The van der Waals surface area contributed by atoms with Crippen LogP contribution in [0.2, 0.25) is 0 Å². The summed E-state index contributed by atoms with van der Waals surface area (Å²) in [6.45, 7) is 3.69. The maximum absolute atomic E-state index is 11.2. The maximum Gasteiger partial charge on any atom is 0.306 e. The fraction of sp³-hybridized carbons (Fsp3) is 0.500. The van der Waals surface area contributed by atoms with Crippen LogP contribution in [0.15, 0.2) is 17.8 Å². The van der Waals surface area contributed by atoms with Gasteiger partial charge in [-0.25, -0.2) is 4.98 Å². The molecule has 2 aromatic rings. The molecule has 0 saturated heterocycles. The van der Waals surface area contributed by atoms with Crippen molar-refractivity contribution in [2.24, 2.45) is 0 Å². The SMILES string of the molecule is CCOC(=O)CCc1csc(NCCn2ccnn2)n1. The molecule has 20 heavy (non-hydrogen) atoms. The zero-order chi connectivity index (χ0) is 14.2. The topological polar surface area (TPSA) is 81.9 Å². The molecule has 0 bridgehead atoms. The summed E-state index contributed by atoms with van der Waals surface area (Å²) in [4.78, 5) is 15.7. The van der Waals surface area contributed by atoms with Crippen LogP contribution in [0.1, 0.15) is 19.0 Å². The van der Waals surface area contributed by atoms with Gasteiger partial charge in [-0.2, -0.15) is 0 Å². The molecule has 2 rings (SSSR count). The third kappa shape index (κ3) is 4.61. The largest absolute Gasteiger partial charge is 0.466 e. The molecule has 0 spiro atoms. The highest BCUT2D eigenvalue weighted by molar-refractivity contribution is 7.13. The molecule has 0 amide bonds. The molecule has 0 aromatic carbocycles. The van der Waals surface area contributed by atoms with Gasteiger partial charge in [0.15, 0.2) is 5.13 Å². The molecule has 1 N–H and O–H groups in total. The standard InChI is InChI=1S/C12H17N5O2S/c1-2-19-11(18)4-3-10-9-20-12(15-10)13-5-7-17-8-6-14-16-17/h6,8-9H,2-5,7H2,1H3,(H,13,15). The molecule has 7 nitrogen and oxygen atoms in total. The molecular weight excluding hydrogens is 278 g/mol. The van der Waals surface area contributed by atoms with Crippen molar-refractivity contribution in [3.63, 3.8) is 0 Å². The Kier molecular flexibility index (Phi) is 5.48. The lowest BCUT2D eigenvalue weighted by Crippen LogP contribution is -2.11. The van der Waals surface area contributed by atoms with Crippen molar-refractivity contribution in [3.8, 4) is 0 Å². The Morgan fingerprint density at radius 3 is 3.20 bits per heavy atom. The highest BCUT2D eigenvalue weighted by atomic mass is 32.1. The van der Waals surface area contributed by atoms with Crippen LogP contribution in [0, 0.1) is 0 Å². The van der Waals surface area contributed by atoms with Crippen molar-refractivity contribution in [2.75, 3.05) is 18.5 Å². The quantitative estimate of drug-likeness (QED) is 0.740. The van der Waals surface area contributed by atoms with Crippen molar-refractivity contribution in [2.45, 2.75) is 26.3 Å². The average Bonchev–Trinajstić information content (AvgIpc) is 3.08. The summed E-state index contributed by atoms with van der Waals surface area (Å²) in [5.74, 6) is -0.179. The third-order valence-corrected chi connectivity index (χ3v) is 3.38. The molecule has 0 aliphatic heterocycles. The Morgan fingerprint density at radius 2 is 2.45 bits per heavy atom. The lowest BCUT2D eigenvalue weighted by Gasteiger charge is -2.02. The molecule has 0 saturated carbocycles. The predicted octanol–water partition coefficient (Wildman–Crippen LogP) is 1.34. The first-order chi connectivity index (χ1) is 9.78. The van der Waals surface area contributed by atoms with Gasteiger partial charge in [-0.15, -0.1) is 16.4 Å². The zero-order valence-corrected chi connectivity index (χ0v) is 12.1. The Morgan fingerprint density at radius 1 is 1.55 bits per heavy atom. The third-order valence-electron chi connectivity index (χ3n) is 2.53. The Bertz CT molecular complexity index is 526. The molecule has 0 atom stereocenters. The van der Waals surface area contributed by atoms with Crippen LogP contribution in [0.3, 0.4) is 0 Å². The average molecular weight is 295 g/mol. The zero-order valence-electron chi connectivity index (χ0n) is 11.3. The Balaban J connectivity index is 1.70.